The number of esters is 3. The largest absolute Gasteiger partial charge is 0.463 e. The van der Waals surface area contributed by atoms with Crippen LogP contribution in [0.5, 0.6) is 0 Å². The lowest BCUT2D eigenvalue weighted by Crippen LogP contribution is -2.57. The first-order chi connectivity index (χ1) is 17.1. The first-order valence-electron chi connectivity index (χ1n) is 10.7. The first kappa shape index (κ1) is 25.7. The van der Waals surface area contributed by atoms with Gasteiger partial charge in [-0.25, -0.2) is 0 Å². The number of carbonyl (C=O) groups is 3. The Morgan fingerprint density at radius 2 is 1.75 bits per heavy atom. The molecule has 0 saturated carbocycles. The van der Waals surface area contributed by atoms with Gasteiger partial charge in [0.25, 0.3) is 5.56 Å². The maximum Gasteiger partial charge on any atom is 0.303 e. The van der Waals surface area contributed by atoms with Gasteiger partial charge in [0, 0.05) is 25.8 Å². The average Bonchev–Trinajstić information content (AvgIpc) is 3.16. The summed E-state index contributed by atoms with van der Waals surface area (Å²) in [4.78, 5) is 52.2. The number of ether oxygens (including phenoxy) is 4. The maximum absolute atomic E-state index is 12.7. The summed E-state index contributed by atoms with van der Waals surface area (Å²) in [7, 11) is 0. The van der Waals surface area contributed by atoms with Crippen LogP contribution < -0.4 is 5.56 Å². The summed E-state index contributed by atoms with van der Waals surface area (Å²) in [6.45, 7) is 3.30. The van der Waals surface area contributed by atoms with E-state index in [2.05, 4.69) is 4.98 Å². The Hall–Kier alpha value is -3.40. The Kier molecular flexibility index (Phi) is 7.35. The molecule has 0 aliphatic carbocycles. The lowest BCUT2D eigenvalue weighted by Gasteiger charge is -2.42. The molecule has 2 aliphatic heterocycles. The molecule has 188 valence electrons. The highest BCUT2D eigenvalue weighted by Crippen LogP contribution is 2.49. The second-order valence-electron chi connectivity index (χ2n) is 8.01. The second-order valence-corrected chi connectivity index (χ2v) is 9.59. The van der Waals surface area contributed by atoms with Gasteiger partial charge < -0.3 is 18.9 Å². The highest BCUT2D eigenvalue weighted by atomic mass is 35.5. The number of carbonyl (C=O) groups excluding carboxylic acids is 3. The van der Waals surface area contributed by atoms with E-state index >= 15 is 0 Å². The van der Waals surface area contributed by atoms with Gasteiger partial charge in [0.2, 0.25) is 0 Å². The van der Waals surface area contributed by atoms with Crippen molar-refractivity contribution in [1.82, 2.24) is 9.55 Å². The summed E-state index contributed by atoms with van der Waals surface area (Å²) < 4.78 is 24.0. The fourth-order valence-electron chi connectivity index (χ4n) is 4.17. The molecule has 3 heterocycles. The van der Waals surface area contributed by atoms with Crippen LogP contribution in [0.3, 0.4) is 0 Å². The van der Waals surface area contributed by atoms with Gasteiger partial charge in [0.15, 0.2) is 23.6 Å². The monoisotopic (exact) mass is 533 g/mol. The minimum absolute atomic E-state index is 0.214. The molecular formula is C23H20ClN3O8S. The van der Waals surface area contributed by atoms with Crippen LogP contribution in [0.4, 0.5) is 0 Å². The van der Waals surface area contributed by atoms with Crippen molar-refractivity contribution in [2.75, 3.05) is 6.61 Å². The number of nitriles is 1. The van der Waals surface area contributed by atoms with Gasteiger partial charge in [-0.2, -0.15) is 10.2 Å². The Balaban J connectivity index is 1.88. The van der Waals surface area contributed by atoms with Crippen molar-refractivity contribution in [1.29, 1.82) is 5.26 Å². The van der Waals surface area contributed by atoms with E-state index in [1.807, 2.05) is 6.07 Å². The van der Waals surface area contributed by atoms with Crippen molar-refractivity contribution in [2.24, 2.45) is 0 Å². The zero-order valence-electron chi connectivity index (χ0n) is 19.3. The summed E-state index contributed by atoms with van der Waals surface area (Å²) in [6, 6.07) is 8.43. The quantitative estimate of drug-likeness (QED) is 0.316. The maximum atomic E-state index is 12.7. The summed E-state index contributed by atoms with van der Waals surface area (Å²) in [5.74, 6) is -1.89. The predicted octanol–water partition coefficient (Wildman–Crippen LogP) is 2.23. The number of hydrogen-bond acceptors (Lipinski definition) is 11. The van der Waals surface area contributed by atoms with E-state index < -0.39 is 53.3 Å². The average molecular weight is 534 g/mol. The molecule has 11 nitrogen and oxygen atoms in total. The van der Waals surface area contributed by atoms with Gasteiger partial charge >= 0.3 is 17.9 Å². The molecule has 1 fully saturated rings. The molecule has 0 amide bonds. The molecule has 5 atom stereocenters. The smallest absolute Gasteiger partial charge is 0.303 e. The molecule has 0 spiro atoms. The molecule has 1 saturated heterocycles. The first-order valence-corrected chi connectivity index (χ1v) is 12.0. The predicted molar refractivity (Wildman–Crippen MR) is 125 cm³/mol. The van der Waals surface area contributed by atoms with Crippen molar-refractivity contribution in [3.05, 3.63) is 45.2 Å². The number of rotatable bonds is 5. The second kappa shape index (κ2) is 10.3. The topological polar surface area (TPSA) is 147 Å². The lowest BCUT2D eigenvalue weighted by atomic mass is 9.98. The Labute approximate surface area is 214 Å². The fraction of sp³-hybridized carbons (Fsp3) is 0.391. The molecule has 0 unspecified atom stereocenters. The molecule has 0 N–H and O–H groups in total. The molecule has 0 radical (unpaired) electrons. The minimum Gasteiger partial charge on any atom is -0.463 e. The fourth-order valence-corrected chi connectivity index (χ4v) is 5.63. The van der Waals surface area contributed by atoms with Gasteiger partial charge in [-0.1, -0.05) is 35.5 Å². The van der Waals surface area contributed by atoms with E-state index in [0.29, 0.717) is 10.6 Å². The van der Waals surface area contributed by atoms with Gasteiger partial charge in [-0.05, 0) is 17.7 Å². The van der Waals surface area contributed by atoms with Gasteiger partial charge in [0.05, 0.1) is 10.9 Å². The van der Waals surface area contributed by atoms with Crippen molar-refractivity contribution >= 4 is 41.3 Å². The van der Waals surface area contributed by atoms with Crippen LogP contribution in [0.25, 0.3) is 11.3 Å². The van der Waals surface area contributed by atoms with Gasteiger partial charge in [-0.15, -0.1) is 0 Å². The molecule has 4 rings (SSSR count). The standard InChI is InChI=1S/C23H20ClN3O8S/c1-10(28)32-9-16-18(33-11(2)29)19(34-12(3)30)20-22(35-16)27-17(13-4-6-14(24)7-5-13)15(8-25)21(31)26-23(27)36-20/h4-7,16,18-20,22H,9H2,1-3H3/t16-,18-,19+,20+,22-/m1/s1. The van der Waals surface area contributed by atoms with Crippen molar-refractivity contribution in [3.8, 4) is 17.3 Å². The molecular weight excluding hydrogens is 514 g/mol. The van der Waals surface area contributed by atoms with Crippen molar-refractivity contribution < 1.29 is 33.3 Å². The van der Waals surface area contributed by atoms with E-state index in [1.165, 1.54) is 20.8 Å². The number of thioether (sulfide) groups is 1. The summed E-state index contributed by atoms with van der Waals surface area (Å²) >= 11 is 7.12. The lowest BCUT2D eigenvalue weighted by molar-refractivity contribution is -0.223. The Bertz CT molecular complexity index is 1320. The zero-order valence-corrected chi connectivity index (χ0v) is 20.9. The molecule has 2 aromatic rings. The SMILES string of the molecule is CC(=O)OC[C@H]1O[C@@H]2[C@@H](Sc3nc(=O)c(C#N)c(-c4ccc(Cl)cc4)n32)[C@@H](OC(C)=O)[C@@H]1OC(C)=O. The number of aromatic nitrogens is 2. The third-order valence-electron chi connectivity index (χ3n) is 5.48. The third-order valence-corrected chi connectivity index (χ3v) is 7.01. The van der Waals surface area contributed by atoms with E-state index in [9.17, 15) is 24.4 Å². The van der Waals surface area contributed by atoms with E-state index in [4.69, 9.17) is 30.5 Å². The normalized spacial score (nSPS) is 24.1. The highest BCUT2D eigenvalue weighted by molar-refractivity contribution is 8.00. The van der Waals surface area contributed by atoms with Crippen LogP contribution in [0.2, 0.25) is 5.02 Å². The van der Waals surface area contributed by atoms with Crippen LogP contribution >= 0.6 is 23.4 Å². The van der Waals surface area contributed by atoms with Crippen LogP contribution in [0, 0.1) is 11.3 Å². The Morgan fingerprint density at radius 1 is 1.11 bits per heavy atom. The summed E-state index contributed by atoms with van der Waals surface area (Å²) in [6.07, 6.45) is -4.11. The van der Waals surface area contributed by atoms with Gasteiger partial charge in [-0.3, -0.25) is 23.7 Å². The van der Waals surface area contributed by atoms with Crippen LogP contribution in [0.15, 0.2) is 34.2 Å². The van der Waals surface area contributed by atoms with Crippen LogP contribution in [-0.2, 0) is 33.3 Å². The van der Waals surface area contributed by atoms with Crippen molar-refractivity contribution in [2.45, 2.75) is 55.7 Å². The number of fused-ring (bicyclic) bond motifs is 3. The number of halogens is 1. The van der Waals surface area contributed by atoms with Crippen molar-refractivity contribution in [3.63, 3.8) is 0 Å². The summed E-state index contributed by atoms with van der Waals surface area (Å²) in [5.41, 5.74) is -0.211. The molecule has 36 heavy (non-hydrogen) atoms. The minimum atomic E-state index is -1.12. The molecule has 1 aromatic heterocycles. The number of nitrogens with zero attached hydrogens (tertiary/aromatic N) is 3. The third kappa shape index (κ3) is 4.95. The highest BCUT2D eigenvalue weighted by Gasteiger charge is 2.55. The molecule has 0 bridgehead atoms. The summed E-state index contributed by atoms with van der Waals surface area (Å²) in [5, 5.41) is 9.75. The molecule has 2 aliphatic rings. The Morgan fingerprint density at radius 3 is 2.33 bits per heavy atom. The van der Waals surface area contributed by atoms with E-state index in [0.717, 1.165) is 11.8 Å². The zero-order chi connectivity index (χ0) is 26.1. The van der Waals surface area contributed by atoms with E-state index in [1.54, 1.807) is 28.8 Å². The number of hydrogen-bond donors (Lipinski definition) is 0. The van der Waals surface area contributed by atoms with Crippen LogP contribution in [-0.4, -0.2) is 57.6 Å². The van der Waals surface area contributed by atoms with Gasteiger partial charge in [0.1, 0.15) is 24.3 Å². The molecule has 13 heteroatoms. The van der Waals surface area contributed by atoms with E-state index in [-0.39, 0.29) is 23.0 Å². The molecule has 1 aromatic carbocycles. The number of benzene rings is 1. The van der Waals surface area contributed by atoms with Crippen LogP contribution in [0.1, 0.15) is 32.6 Å².